The van der Waals surface area contributed by atoms with Crippen LogP contribution >= 0.6 is 0 Å². The Morgan fingerprint density at radius 3 is 2.48 bits per heavy atom. The standard InChI is InChI=1S/C24H27N5O2/c30-24(17-1-3-21(4-2-17)29-7-9-31-10-8-29)13-20-11-18-12-22(23-16-25-5-6-26-23)28-15-19(18)14-27-20/h5-6,11-12,14-17,21H,1-4,7-10,13H2. The van der Waals surface area contributed by atoms with E-state index in [2.05, 4.69) is 24.8 Å². The number of fused-ring (bicyclic) bond motifs is 1. The fourth-order valence-corrected chi connectivity index (χ4v) is 4.78. The molecule has 4 heterocycles. The second-order valence-electron chi connectivity index (χ2n) is 8.48. The van der Waals surface area contributed by atoms with Gasteiger partial charge in [0.05, 0.1) is 25.1 Å². The Morgan fingerprint density at radius 2 is 1.71 bits per heavy atom. The van der Waals surface area contributed by atoms with Gasteiger partial charge >= 0.3 is 0 Å². The van der Waals surface area contributed by atoms with Gasteiger partial charge in [0.1, 0.15) is 11.5 Å². The molecule has 31 heavy (non-hydrogen) atoms. The Labute approximate surface area is 181 Å². The van der Waals surface area contributed by atoms with Crippen molar-refractivity contribution >= 4 is 16.6 Å². The van der Waals surface area contributed by atoms with Crippen LogP contribution in [0, 0.1) is 5.92 Å². The molecule has 5 rings (SSSR count). The van der Waals surface area contributed by atoms with Crippen molar-refractivity contribution < 1.29 is 9.53 Å². The first kappa shape index (κ1) is 20.2. The maximum atomic E-state index is 13.0. The molecule has 0 bridgehead atoms. The van der Waals surface area contributed by atoms with Gasteiger partial charge in [-0.1, -0.05) is 0 Å². The van der Waals surface area contributed by atoms with Crippen molar-refractivity contribution in [2.24, 2.45) is 5.92 Å². The van der Waals surface area contributed by atoms with Crippen LogP contribution in [0.1, 0.15) is 31.4 Å². The van der Waals surface area contributed by atoms with Crippen molar-refractivity contribution in [2.45, 2.75) is 38.1 Å². The van der Waals surface area contributed by atoms with E-state index in [1.807, 2.05) is 12.1 Å². The van der Waals surface area contributed by atoms with E-state index in [0.717, 1.165) is 79.8 Å². The Bertz CT molecular complexity index is 1040. The monoisotopic (exact) mass is 417 g/mol. The van der Waals surface area contributed by atoms with Gasteiger partial charge in [0.15, 0.2) is 0 Å². The van der Waals surface area contributed by atoms with Gasteiger partial charge in [-0.3, -0.25) is 29.6 Å². The van der Waals surface area contributed by atoms with Gasteiger partial charge in [0.25, 0.3) is 0 Å². The molecule has 1 saturated carbocycles. The van der Waals surface area contributed by atoms with E-state index in [0.29, 0.717) is 18.2 Å². The zero-order chi connectivity index (χ0) is 21.0. The Balaban J connectivity index is 1.24. The van der Waals surface area contributed by atoms with E-state index >= 15 is 0 Å². The van der Waals surface area contributed by atoms with Gasteiger partial charge in [0.2, 0.25) is 0 Å². The number of Topliss-reactive ketones (excluding diaryl/α,β-unsaturated/α-hetero) is 1. The number of morpholine rings is 1. The fourth-order valence-electron chi connectivity index (χ4n) is 4.78. The molecular weight excluding hydrogens is 390 g/mol. The summed E-state index contributed by atoms with van der Waals surface area (Å²) in [5, 5.41) is 1.97. The molecule has 3 aromatic rings. The van der Waals surface area contributed by atoms with E-state index in [4.69, 9.17) is 4.74 Å². The fraction of sp³-hybridized carbons (Fsp3) is 0.458. The Hall–Kier alpha value is -2.77. The molecule has 0 N–H and O–H groups in total. The van der Waals surface area contributed by atoms with Crippen LogP contribution in [0.2, 0.25) is 0 Å². The highest BCUT2D eigenvalue weighted by Crippen LogP contribution is 2.29. The third kappa shape index (κ3) is 4.62. The molecule has 7 nitrogen and oxygen atoms in total. The summed E-state index contributed by atoms with van der Waals surface area (Å²) in [5.41, 5.74) is 2.32. The normalized spacial score (nSPS) is 22.5. The van der Waals surface area contributed by atoms with Gasteiger partial charge in [-0.2, -0.15) is 0 Å². The Kier molecular flexibility index (Phi) is 5.95. The van der Waals surface area contributed by atoms with Gasteiger partial charge < -0.3 is 4.74 Å². The molecule has 1 aliphatic carbocycles. The smallest absolute Gasteiger partial charge is 0.141 e. The zero-order valence-electron chi connectivity index (χ0n) is 17.6. The van der Waals surface area contributed by atoms with Gasteiger partial charge in [-0.15, -0.1) is 0 Å². The molecule has 3 aromatic heterocycles. The summed E-state index contributed by atoms with van der Waals surface area (Å²) in [6.45, 7) is 3.71. The quantitative estimate of drug-likeness (QED) is 0.631. The number of carbonyl (C=O) groups is 1. The molecule has 160 valence electrons. The topological polar surface area (TPSA) is 81.1 Å². The number of nitrogens with zero attached hydrogens (tertiary/aromatic N) is 5. The van der Waals surface area contributed by atoms with Crippen molar-refractivity contribution in [1.82, 2.24) is 24.8 Å². The van der Waals surface area contributed by atoms with Crippen LogP contribution in [0.15, 0.2) is 43.1 Å². The van der Waals surface area contributed by atoms with E-state index in [1.54, 1.807) is 31.0 Å². The van der Waals surface area contributed by atoms with Gasteiger partial charge in [0, 0.05) is 67.3 Å². The maximum Gasteiger partial charge on any atom is 0.141 e. The average molecular weight is 418 g/mol. The van der Waals surface area contributed by atoms with Crippen LogP contribution in [0.5, 0.6) is 0 Å². The highest BCUT2D eigenvalue weighted by molar-refractivity contribution is 5.87. The summed E-state index contributed by atoms with van der Waals surface area (Å²) in [4.78, 5) is 32.9. The second kappa shape index (κ2) is 9.16. The maximum absolute atomic E-state index is 13.0. The lowest BCUT2D eigenvalue weighted by Gasteiger charge is -2.38. The number of pyridine rings is 2. The number of carbonyl (C=O) groups excluding carboxylic acids is 1. The second-order valence-corrected chi connectivity index (χ2v) is 8.48. The average Bonchev–Trinajstić information content (AvgIpc) is 2.85. The molecule has 2 aliphatic rings. The summed E-state index contributed by atoms with van der Waals surface area (Å²) in [6, 6.07) is 4.61. The van der Waals surface area contributed by atoms with Gasteiger partial charge in [-0.05, 0) is 43.2 Å². The largest absolute Gasteiger partial charge is 0.379 e. The zero-order valence-corrected chi connectivity index (χ0v) is 17.6. The van der Waals surface area contributed by atoms with E-state index < -0.39 is 0 Å². The summed E-state index contributed by atoms with van der Waals surface area (Å²) in [7, 11) is 0. The number of rotatable bonds is 5. The molecule has 7 heteroatoms. The first-order chi connectivity index (χ1) is 15.3. The number of hydrogen-bond donors (Lipinski definition) is 0. The number of aromatic nitrogens is 4. The van der Waals surface area contributed by atoms with Crippen LogP contribution in [0.4, 0.5) is 0 Å². The highest BCUT2D eigenvalue weighted by atomic mass is 16.5. The first-order valence-corrected chi connectivity index (χ1v) is 11.1. The summed E-state index contributed by atoms with van der Waals surface area (Å²) >= 11 is 0. The lowest BCUT2D eigenvalue weighted by atomic mass is 9.81. The first-order valence-electron chi connectivity index (χ1n) is 11.1. The minimum atomic E-state index is 0.155. The van der Waals surface area contributed by atoms with Crippen molar-refractivity contribution in [3.05, 3.63) is 48.8 Å². The van der Waals surface area contributed by atoms with Gasteiger partial charge in [-0.25, -0.2) is 0 Å². The minimum Gasteiger partial charge on any atom is -0.379 e. The van der Waals surface area contributed by atoms with Crippen LogP contribution < -0.4 is 0 Å². The lowest BCUT2D eigenvalue weighted by Crippen LogP contribution is -2.45. The SMILES string of the molecule is O=C(Cc1cc2cc(-c3cnccn3)ncc2cn1)C1CCC(N2CCOCC2)CC1. The molecule has 1 aliphatic heterocycles. The van der Waals surface area contributed by atoms with Crippen molar-refractivity contribution in [3.63, 3.8) is 0 Å². The van der Waals surface area contributed by atoms with Crippen LogP contribution in [0.25, 0.3) is 22.2 Å². The van der Waals surface area contributed by atoms with Crippen LogP contribution in [-0.4, -0.2) is 63.0 Å². The predicted molar refractivity (Wildman–Crippen MR) is 117 cm³/mol. The summed E-state index contributed by atoms with van der Waals surface area (Å²) in [5.74, 6) is 0.470. The molecule has 0 amide bonds. The van der Waals surface area contributed by atoms with Crippen LogP contribution in [0.3, 0.4) is 0 Å². The molecule has 2 fully saturated rings. The molecule has 0 spiro atoms. The predicted octanol–water partition coefficient (Wildman–Crippen LogP) is 3.09. The third-order valence-corrected chi connectivity index (χ3v) is 6.55. The molecule has 0 aromatic carbocycles. The van der Waals surface area contributed by atoms with Crippen LogP contribution in [-0.2, 0) is 16.0 Å². The molecule has 0 unspecified atom stereocenters. The van der Waals surface area contributed by atoms with E-state index in [-0.39, 0.29) is 5.92 Å². The third-order valence-electron chi connectivity index (χ3n) is 6.55. The molecular formula is C24H27N5O2. The lowest BCUT2D eigenvalue weighted by molar-refractivity contribution is -0.123. The number of hydrogen-bond acceptors (Lipinski definition) is 7. The van der Waals surface area contributed by atoms with Crippen molar-refractivity contribution in [3.8, 4) is 11.4 Å². The number of ketones is 1. The minimum absolute atomic E-state index is 0.155. The number of ether oxygens (including phenoxy) is 1. The van der Waals surface area contributed by atoms with Crippen molar-refractivity contribution in [2.75, 3.05) is 26.3 Å². The summed E-state index contributed by atoms with van der Waals surface area (Å²) in [6.07, 6.45) is 13.2. The van der Waals surface area contributed by atoms with E-state index in [1.165, 1.54) is 0 Å². The van der Waals surface area contributed by atoms with Crippen molar-refractivity contribution in [1.29, 1.82) is 0 Å². The Morgan fingerprint density at radius 1 is 0.903 bits per heavy atom. The molecule has 0 atom stereocenters. The molecule has 0 radical (unpaired) electrons. The molecule has 1 saturated heterocycles. The highest BCUT2D eigenvalue weighted by Gasteiger charge is 2.30. The summed E-state index contributed by atoms with van der Waals surface area (Å²) < 4.78 is 5.47. The van der Waals surface area contributed by atoms with E-state index in [9.17, 15) is 4.79 Å².